The van der Waals surface area contributed by atoms with Gasteiger partial charge in [-0.15, -0.1) is 0 Å². The Morgan fingerprint density at radius 1 is 1.00 bits per heavy atom. The van der Waals surface area contributed by atoms with Gasteiger partial charge in [-0.3, -0.25) is 9.59 Å². The summed E-state index contributed by atoms with van der Waals surface area (Å²) in [7, 11) is 0. The molecule has 0 unspecified atom stereocenters. The molecule has 0 saturated heterocycles. The highest BCUT2D eigenvalue weighted by Gasteiger charge is 2.25. The van der Waals surface area contributed by atoms with Gasteiger partial charge in [-0.2, -0.15) is 0 Å². The summed E-state index contributed by atoms with van der Waals surface area (Å²) in [5, 5.41) is 6.01. The third kappa shape index (κ3) is 3.76. The molecular weight excluding hydrogens is 359 g/mol. The van der Waals surface area contributed by atoms with Crippen molar-refractivity contribution >= 4 is 34.2 Å². The summed E-state index contributed by atoms with van der Waals surface area (Å²) in [6.07, 6.45) is 4.85. The van der Waals surface area contributed by atoms with Crippen LogP contribution in [0.3, 0.4) is 0 Å². The van der Waals surface area contributed by atoms with Gasteiger partial charge in [0.25, 0.3) is 5.91 Å². The van der Waals surface area contributed by atoms with Gasteiger partial charge in [-0.05, 0) is 43.0 Å². The van der Waals surface area contributed by atoms with Crippen LogP contribution in [0.5, 0.6) is 0 Å². The van der Waals surface area contributed by atoms with E-state index in [0.29, 0.717) is 29.0 Å². The van der Waals surface area contributed by atoms with Crippen molar-refractivity contribution in [3.63, 3.8) is 0 Å². The molecule has 144 valence electrons. The van der Waals surface area contributed by atoms with Gasteiger partial charge in [0.2, 0.25) is 11.7 Å². The van der Waals surface area contributed by atoms with Gasteiger partial charge in [-0.1, -0.05) is 37.1 Å². The largest absolute Gasteiger partial charge is 0.449 e. The fourth-order valence-corrected chi connectivity index (χ4v) is 3.74. The predicted molar refractivity (Wildman–Crippen MR) is 106 cm³/mol. The molecule has 1 aromatic heterocycles. The molecule has 5 nitrogen and oxygen atoms in total. The van der Waals surface area contributed by atoms with Crippen molar-refractivity contribution in [3.05, 3.63) is 60.1 Å². The molecule has 6 heteroatoms. The van der Waals surface area contributed by atoms with Crippen LogP contribution in [0.15, 0.2) is 52.9 Å². The summed E-state index contributed by atoms with van der Waals surface area (Å²) in [6.45, 7) is 0. The maximum absolute atomic E-state index is 13.9. The van der Waals surface area contributed by atoms with Crippen molar-refractivity contribution in [1.82, 2.24) is 0 Å². The van der Waals surface area contributed by atoms with E-state index in [1.54, 1.807) is 30.3 Å². The van der Waals surface area contributed by atoms with Gasteiger partial charge in [0.05, 0.1) is 5.69 Å². The van der Waals surface area contributed by atoms with E-state index in [1.165, 1.54) is 12.1 Å². The number of hydrogen-bond donors (Lipinski definition) is 2. The summed E-state index contributed by atoms with van der Waals surface area (Å²) >= 11 is 0. The SMILES string of the molecule is O=C(CC1CCCC1)Nc1c(C(=O)Nc2ccccc2F)oc2ccccc12. The monoisotopic (exact) mass is 380 g/mol. The van der Waals surface area contributed by atoms with E-state index in [1.807, 2.05) is 6.07 Å². The third-order valence-electron chi connectivity index (χ3n) is 5.14. The minimum atomic E-state index is -0.613. The van der Waals surface area contributed by atoms with Crippen molar-refractivity contribution in [2.24, 2.45) is 5.92 Å². The van der Waals surface area contributed by atoms with Gasteiger partial charge < -0.3 is 15.1 Å². The Hall–Kier alpha value is -3.15. The Morgan fingerprint density at radius 2 is 1.71 bits per heavy atom. The van der Waals surface area contributed by atoms with Crippen LogP contribution in [0, 0.1) is 11.7 Å². The van der Waals surface area contributed by atoms with Crippen LogP contribution in [-0.4, -0.2) is 11.8 Å². The van der Waals surface area contributed by atoms with Gasteiger partial charge in [0, 0.05) is 11.8 Å². The first-order chi connectivity index (χ1) is 13.6. The molecule has 4 rings (SSSR count). The number of amides is 2. The summed E-state index contributed by atoms with van der Waals surface area (Å²) in [6, 6.07) is 13.0. The van der Waals surface area contributed by atoms with Crippen LogP contribution in [-0.2, 0) is 4.79 Å². The summed E-state index contributed by atoms with van der Waals surface area (Å²) in [4.78, 5) is 25.3. The Labute approximate surface area is 161 Å². The first-order valence-electron chi connectivity index (χ1n) is 9.49. The fourth-order valence-electron chi connectivity index (χ4n) is 3.74. The van der Waals surface area contributed by atoms with Gasteiger partial charge >= 0.3 is 0 Å². The van der Waals surface area contributed by atoms with Crippen LogP contribution < -0.4 is 10.6 Å². The zero-order valence-corrected chi connectivity index (χ0v) is 15.3. The fraction of sp³-hybridized carbons (Fsp3) is 0.273. The second-order valence-electron chi connectivity index (χ2n) is 7.14. The molecule has 1 fully saturated rings. The topological polar surface area (TPSA) is 71.3 Å². The van der Waals surface area contributed by atoms with Gasteiger partial charge in [0.1, 0.15) is 17.1 Å². The van der Waals surface area contributed by atoms with Crippen LogP contribution >= 0.6 is 0 Å². The highest BCUT2D eigenvalue weighted by atomic mass is 19.1. The molecule has 3 aromatic rings. The number of nitrogens with one attached hydrogen (secondary N) is 2. The van der Waals surface area contributed by atoms with Gasteiger partial charge in [0.15, 0.2) is 0 Å². The van der Waals surface area contributed by atoms with E-state index < -0.39 is 11.7 Å². The molecule has 1 saturated carbocycles. The molecule has 2 N–H and O–H groups in total. The number of fused-ring (bicyclic) bond motifs is 1. The molecular formula is C22H21FN2O3. The van der Waals surface area contributed by atoms with Gasteiger partial charge in [-0.25, -0.2) is 4.39 Å². The number of furan rings is 1. The van der Waals surface area contributed by atoms with Crippen molar-refractivity contribution in [2.45, 2.75) is 32.1 Å². The van der Waals surface area contributed by atoms with E-state index in [0.717, 1.165) is 25.7 Å². The quantitative estimate of drug-likeness (QED) is 0.627. The Kier molecular flexibility index (Phi) is 5.10. The van der Waals surface area contributed by atoms with Crippen LogP contribution in [0.4, 0.5) is 15.8 Å². The highest BCUT2D eigenvalue weighted by Crippen LogP contribution is 2.33. The van der Waals surface area contributed by atoms with E-state index in [9.17, 15) is 14.0 Å². The molecule has 2 aromatic carbocycles. The lowest BCUT2D eigenvalue weighted by atomic mass is 10.0. The number of benzene rings is 2. The first-order valence-corrected chi connectivity index (χ1v) is 9.49. The van der Waals surface area contributed by atoms with E-state index in [-0.39, 0.29) is 17.4 Å². The van der Waals surface area contributed by atoms with Crippen LogP contribution in [0.25, 0.3) is 11.0 Å². The van der Waals surface area contributed by atoms with Crippen LogP contribution in [0.2, 0.25) is 0 Å². The number of anilines is 2. The van der Waals surface area contributed by atoms with Crippen molar-refractivity contribution in [3.8, 4) is 0 Å². The van der Waals surface area contributed by atoms with Crippen LogP contribution in [0.1, 0.15) is 42.7 Å². The Bertz CT molecular complexity index is 1020. The van der Waals surface area contributed by atoms with Crippen molar-refractivity contribution in [1.29, 1.82) is 0 Å². The number of rotatable bonds is 5. The second-order valence-corrected chi connectivity index (χ2v) is 7.14. The Balaban J connectivity index is 1.62. The predicted octanol–water partition coefficient (Wildman–Crippen LogP) is 5.34. The van der Waals surface area contributed by atoms with E-state index in [4.69, 9.17) is 4.42 Å². The zero-order valence-electron chi connectivity index (χ0n) is 15.3. The lowest BCUT2D eigenvalue weighted by Gasteiger charge is -2.10. The minimum absolute atomic E-state index is 0.0378. The molecule has 0 aliphatic heterocycles. The highest BCUT2D eigenvalue weighted by molar-refractivity contribution is 6.14. The summed E-state index contributed by atoms with van der Waals surface area (Å²) < 4.78 is 19.6. The second kappa shape index (κ2) is 7.84. The molecule has 1 heterocycles. The summed E-state index contributed by atoms with van der Waals surface area (Å²) in [5.41, 5.74) is 0.862. The number of para-hydroxylation sites is 2. The lowest BCUT2D eigenvalue weighted by Crippen LogP contribution is -2.19. The molecule has 0 bridgehead atoms. The molecule has 1 aliphatic rings. The molecule has 0 spiro atoms. The Morgan fingerprint density at radius 3 is 2.50 bits per heavy atom. The van der Waals surface area contributed by atoms with Crippen molar-refractivity contribution in [2.75, 3.05) is 10.6 Å². The lowest BCUT2D eigenvalue weighted by molar-refractivity contribution is -0.117. The minimum Gasteiger partial charge on any atom is -0.449 e. The molecule has 28 heavy (non-hydrogen) atoms. The average molecular weight is 380 g/mol. The van der Waals surface area contributed by atoms with Crippen molar-refractivity contribution < 1.29 is 18.4 Å². The maximum Gasteiger partial charge on any atom is 0.293 e. The normalized spacial score (nSPS) is 14.3. The molecule has 1 aliphatic carbocycles. The molecule has 0 radical (unpaired) electrons. The molecule has 2 amide bonds. The standard InChI is InChI=1S/C22H21FN2O3/c23-16-10-4-5-11-17(16)24-22(27)21-20(15-9-3-6-12-18(15)28-21)25-19(26)13-14-7-1-2-8-14/h3-6,9-12,14H,1-2,7-8,13H2,(H,24,27)(H,25,26). The average Bonchev–Trinajstić information content (AvgIpc) is 3.32. The summed E-state index contributed by atoms with van der Waals surface area (Å²) in [5.74, 6) is -0.951. The number of carbonyl (C=O) groups is 2. The maximum atomic E-state index is 13.9. The van der Waals surface area contributed by atoms with E-state index in [2.05, 4.69) is 10.6 Å². The zero-order chi connectivity index (χ0) is 19.5. The van der Waals surface area contributed by atoms with E-state index >= 15 is 0 Å². The third-order valence-corrected chi connectivity index (χ3v) is 5.14. The number of halogens is 1. The number of hydrogen-bond acceptors (Lipinski definition) is 3. The smallest absolute Gasteiger partial charge is 0.293 e. The molecule has 0 atom stereocenters. The first kappa shape index (κ1) is 18.2. The number of carbonyl (C=O) groups excluding carboxylic acids is 2.